The fourth-order valence-electron chi connectivity index (χ4n) is 2.55. The maximum absolute atomic E-state index is 4.40. The van der Waals surface area contributed by atoms with Gasteiger partial charge in [-0.3, -0.25) is 10.1 Å². The van der Waals surface area contributed by atoms with Crippen LogP contribution in [0.25, 0.3) is 22.5 Å². The maximum atomic E-state index is 4.40. The van der Waals surface area contributed by atoms with Gasteiger partial charge in [0, 0.05) is 23.6 Å². The highest BCUT2D eigenvalue weighted by molar-refractivity contribution is 5.80. The molecule has 0 radical (unpaired) electrons. The number of rotatable bonds is 4. The Balaban J connectivity index is 1.69. The van der Waals surface area contributed by atoms with E-state index >= 15 is 0 Å². The van der Waals surface area contributed by atoms with Crippen LogP contribution in [0.15, 0.2) is 79.3 Å². The Hall–Kier alpha value is -3.47. The zero-order chi connectivity index (χ0) is 16.2. The van der Waals surface area contributed by atoms with Crippen LogP contribution in [0.1, 0.15) is 0 Å². The second-order valence-corrected chi connectivity index (χ2v) is 5.29. The number of para-hydroxylation sites is 1. The van der Waals surface area contributed by atoms with Crippen LogP contribution < -0.4 is 5.32 Å². The van der Waals surface area contributed by atoms with Crippen molar-refractivity contribution in [1.82, 2.24) is 20.2 Å². The SMILES string of the molecule is c1ccc(Nc2cc(-c3cn[nH]c3-c3ccccn3)ccn2)cc1. The molecule has 5 nitrogen and oxygen atoms in total. The molecule has 4 rings (SSSR count). The first kappa shape index (κ1) is 14.1. The largest absolute Gasteiger partial charge is 0.340 e. The van der Waals surface area contributed by atoms with Crippen molar-refractivity contribution in [3.8, 4) is 22.5 Å². The third-order valence-electron chi connectivity index (χ3n) is 3.68. The fraction of sp³-hybridized carbons (Fsp3) is 0. The van der Waals surface area contributed by atoms with Gasteiger partial charge in [-0.2, -0.15) is 5.10 Å². The highest BCUT2D eigenvalue weighted by Crippen LogP contribution is 2.30. The first-order valence-corrected chi connectivity index (χ1v) is 7.63. The van der Waals surface area contributed by atoms with E-state index in [1.54, 1.807) is 12.4 Å². The van der Waals surface area contributed by atoms with Gasteiger partial charge < -0.3 is 5.32 Å². The molecule has 0 unspecified atom stereocenters. The predicted molar refractivity (Wildman–Crippen MR) is 94.8 cm³/mol. The molecule has 2 N–H and O–H groups in total. The molecule has 0 saturated carbocycles. The first-order chi connectivity index (χ1) is 11.9. The summed E-state index contributed by atoms with van der Waals surface area (Å²) in [4.78, 5) is 8.78. The second-order valence-electron chi connectivity index (χ2n) is 5.29. The van der Waals surface area contributed by atoms with Crippen LogP contribution in [0.5, 0.6) is 0 Å². The number of aromatic amines is 1. The molecule has 0 spiro atoms. The zero-order valence-corrected chi connectivity index (χ0v) is 12.8. The van der Waals surface area contributed by atoms with Crippen molar-refractivity contribution >= 4 is 11.5 Å². The lowest BCUT2D eigenvalue weighted by Crippen LogP contribution is -1.93. The van der Waals surface area contributed by atoms with Gasteiger partial charge >= 0.3 is 0 Å². The zero-order valence-electron chi connectivity index (χ0n) is 12.8. The molecule has 0 atom stereocenters. The Bertz CT molecular complexity index is 932. The molecule has 0 fully saturated rings. The van der Waals surface area contributed by atoms with Crippen LogP contribution in [0.4, 0.5) is 11.5 Å². The minimum atomic E-state index is 0.784. The van der Waals surface area contributed by atoms with Crippen LogP contribution >= 0.6 is 0 Å². The lowest BCUT2D eigenvalue weighted by Gasteiger charge is -2.08. The van der Waals surface area contributed by atoms with Gasteiger partial charge in [-0.05, 0) is 42.0 Å². The molecule has 0 amide bonds. The summed E-state index contributed by atoms with van der Waals surface area (Å²) in [5.41, 5.74) is 4.77. The summed E-state index contributed by atoms with van der Waals surface area (Å²) in [6.45, 7) is 0. The Morgan fingerprint density at radius 2 is 1.71 bits per heavy atom. The number of hydrogen-bond acceptors (Lipinski definition) is 4. The molecule has 0 aliphatic carbocycles. The molecule has 4 aromatic rings. The Kier molecular flexibility index (Phi) is 3.73. The molecule has 5 heteroatoms. The monoisotopic (exact) mass is 313 g/mol. The molecule has 3 aromatic heterocycles. The van der Waals surface area contributed by atoms with E-state index in [1.165, 1.54) is 0 Å². The third-order valence-corrected chi connectivity index (χ3v) is 3.68. The van der Waals surface area contributed by atoms with Gasteiger partial charge in [0.05, 0.1) is 17.6 Å². The normalized spacial score (nSPS) is 10.5. The lowest BCUT2D eigenvalue weighted by atomic mass is 10.1. The quantitative estimate of drug-likeness (QED) is 0.590. The molecule has 116 valence electrons. The first-order valence-electron chi connectivity index (χ1n) is 7.63. The molecular formula is C19H15N5. The topological polar surface area (TPSA) is 66.5 Å². The Morgan fingerprint density at radius 1 is 0.833 bits per heavy atom. The molecule has 1 aromatic carbocycles. The van der Waals surface area contributed by atoms with Gasteiger partial charge in [0.1, 0.15) is 5.82 Å². The van der Waals surface area contributed by atoms with Crippen molar-refractivity contribution in [3.05, 3.63) is 79.3 Å². The van der Waals surface area contributed by atoms with Gasteiger partial charge in [0.15, 0.2) is 0 Å². The summed E-state index contributed by atoms with van der Waals surface area (Å²) in [5.74, 6) is 0.784. The van der Waals surface area contributed by atoms with E-state index < -0.39 is 0 Å². The highest BCUT2D eigenvalue weighted by atomic mass is 15.1. The van der Waals surface area contributed by atoms with Gasteiger partial charge in [-0.1, -0.05) is 24.3 Å². The number of hydrogen-bond donors (Lipinski definition) is 2. The van der Waals surface area contributed by atoms with E-state index in [-0.39, 0.29) is 0 Å². The van der Waals surface area contributed by atoms with Crippen molar-refractivity contribution in [2.75, 3.05) is 5.32 Å². The number of H-pyrrole nitrogens is 1. The van der Waals surface area contributed by atoms with Crippen molar-refractivity contribution in [2.24, 2.45) is 0 Å². The number of aromatic nitrogens is 4. The van der Waals surface area contributed by atoms with Crippen molar-refractivity contribution in [3.63, 3.8) is 0 Å². The molecule has 0 bridgehead atoms. The van der Waals surface area contributed by atoms with Gasteiger partial charge in [0.25, 0.3) is 0 Å². The van der Waals surface area contributed by atoms with Crippen molar-refractivity contribution in [2.45, 2.75) is 0 Å². The Labute approximate surface area is 139 Å². The molecular weight excluding hydrogens is 298 g/mol. The highest BCUT2D eigenvalue weighted by Gasteiger charge is 2.11. The summed E-state index contributed by atoms with van der Waals surface area (Å²) in [6.07, 6.45) is 5.37. The average molecular weight is 313 g/mol. The smallest absolute Gasteiger partial charge is 0.130 e. The summed E-state index contributed by atoms with van der Waals surface area (Å²) in [6, 6.07) is 19.8. The van der Waals surface area contributed by atoms with Gasteiger partial charge in [-0.25, -0.2) is 4.98 Å². The summed E-state index contributed by atoms with van der Waals surface area (Å²) in [5, 5.41) is 10.5. The van der Waals surface area contributed by atoms with E-state index in [4.69, 9.17) is 0 Å². The van der Waals surface area contributed by atoms with Crippen LogP contribution in [0.2, 0.25) is 0 Å². The van der Waals surface area contributed by atoms with Crippen molar-refractivity contribution in [1.29, 1.82) is 0 Å². The van der Waals surface area contributed by atoms with Gasteiger partial charge in [-0.15, -0.1) is 0 Å². The predicted octanol–water partition coefficient (Wildman–Crippen LogP) is 4.28. The molecule has 0 saturated heterocycles. The standard InChI is InChI=1S/C19H15N5/c1-2-6-15(7-3-1)23-18-12-14(9-11-21-18)16-13-22-24-19(16)17-8-4-5-10-20-17/h1-13H,(H,21,23)(H,22,24). The summed E-state index contributed by atoms with van der Waals surface area (Å²) >= 11 is 0. The molecule has 0 aliphatic heterocycles. The maximum Gasteiger partial charge on any atom is 0.130 e. The number of nitrogens with one attached hydrogen (secondary N) is 2. The summed E-state index contributed by atoms with van der Waals surface area (Å²) < 4.78 is 0. The molecule has 0 aliphatic rings. The van der Waals surface area contributed by atoms with E-state index in [0.717, 1.165) is 34.0 Å². The number of pyridine rings is 2. The van der Waals surface area contributed by atoms with Gasteiger partial charge in [0.2, 0.25) is 0 Å². The van der Waals surface area contributed by atoms with Crippen LogP contribution in [0, 0.1) is 0 Å². The van der Waals surface area contributed by atoms with Crippen LogP contribution in [-0.2, 0) is 0 Å². The summed E-state index contributed by atoms with van der Waals surface area (Å²) in [7, 11) is 0. The fourth-order valence-corrected chi connectivity index (χ4v) is 2.55. The third kappa shape index (κ3) is 2.87. The minimum Gasteiger partial charge on any atom is -0.340 e. The van der Waals surface area contributed by atoms with Crippen LogP contribution in [0.3, 0.4) is 0 Å². The molecule has 3 heterocycles. The van der Waals surface area contributed by atoms with Crippen molar-refractivity contribution < 1.29 is 0 Å². The second kappa shape index (κ2) is 6.34. The van der Waals surface area contributed by atoms with E-state index in [2.05, 4.69) is 25.5 Å². The minimum absolute atomic E-state index is 0.784. The Morgan fingerprint density at radius 3 is 2.54 bits per heavy atom. The van der Waals surface area contributed by atoms with Crippen LogP contribution in [-0.4, -0.2) is 20.2 Å². The number of benzene rings is 1. The van der Waals surface area contributed by atoms with E-state index in [1.807, 2.05) is 66.9 Å². The molecule has 24 heavy (non-hydrogen) atoms. The van der Waals surface area contributed by atoms with E-state index in [0.29, 0.717) is 0 Å². The lowest BCUT2D eigenvalue weighted by molar-refractivity contribution is 1.09. The number of nitrogens with zero attached hydrogens (tertiary/aromatic N) is 3. The van der Waals surface area contributed by atoms with E-state index in [9.17, 15) is 0 Å². The average Bonchev–Trinajstić information content (AvgIpc) is 3.13. The number of anilines is 2.